The van der Waals surface area contributed by atoms with Gasteiger partial charge in [0.2, 0.25) is 5.91 Å². The molecule has 0 saturated carbocycles. The van der Waals surface area contributed by atoms with Crippen LogP contribution in [0.4, 0.5) is 4.79 Å². The molecule has 0 aliphatic carbocycles. The standard InChI is InChI=1S/C16H21N3O4/c17-16(21)19-5-1-2-12(10-19)15(20)18-9-11-3-4-13-14(8-11)23-7-6-22-13/h3-4,8,12H,1-2,5-7,9-10H2,(H2,17,21)(H,18,20)/t12-/m1/s1. The van der Waals surface area contributed by atoms with Crippen molar-refractivity contribution in [3.63, 3.8) is 0 Å². The van der Waals surface area contributed by atoms with Gasteiger partial charge >= 0.3 is 6.03 Å². The van der Waals surface area contributed by atoms with Crippen LogP contribution >= 0.6 is 0 Å². The van der Waals surface area contributed by atoms with Crippen molar-refractivity contribution in [1.82, 2.24) is 10.2 Å². The van der Waals surface area contributed by atoms with Crippen molar-refractivity contribution in [2.75, 3.05) is 26.3 Å². The molecule has 1 aromatic carbocycles. The third-order valence-corrected chi connectivity index (χ3v) is 4.18. The Labute approximate surface area is 134 Å². The van der Waals surface area contributed by atoms with Crippen LogP contribution < -0.4 is 20.5 Å². The normalized spacial score (nSPS) is 20.0. The molecule has 124 valence electrons. The van der Waals surface area contributed by atoms with Gasteiger partial charge in [-0.3, -0.25) is 4.79 Å². The highest BCUT2D eigenvalue weighted by molar-refractivity contribution is 5.80. The van der Waals surface area contributed by atoms with E-state index in [-0.39, 0.29) is 11.8 Å². The first-order chi connectivity index (χ1) is 11.1. The van der Waals surface area contributed by atoms with E-state index in [4.69, 9.17) is 15.2 Å². The molecule has 2 aliphatic rings. The monoisotopic (exact) mass is 319 g/mol. The minimum absolute atomic E-state index is 0.0501. The molecular formula is C16H21N3O4. The van der Waals surface area contributed by atoms with E-state index in [1.165, 1.54) is 4.90 Å². The van der Waals surface area contributed by atoms with Gasteiger partial charge in [-0.1, -0.05) is 6.07 Å². The van der Waals surface area contributed by atoms with Crippen LogP contribution in [0.15, 0.2) is 18.2 Å². The second-order valence-electron chi connectivity index (χ2n) is 5.82. The van der Waals surface area contributed by atoms with Crippen LogP contribution in [0.5, 0.6) is 11.5 Å². The van der Waals surface area contributed by atoms with Crippen LogP contribution in [0, 0.1) is 5.92 Å². The lowest BCUT2D eigenvalue weighted by molar-refractivity contribution is -0.126. The molecule has 0 unspecified atom stereocenters. The van der Waals surface area contributed by atoms with Crippen molar-refractivity contribution in [1.29, 1.82) is 0 Å². The number of rotatable bonds is 3. The average Bonchev–Trinajstić information content (AvgIpc) is 2.59. The van der Waals surface area contributed by atoms with Gasteiger partial charge in [0.25, 0.3) is 0 Å². The number of hydrogen-bond donors (Lipinski definition) is 2. The van der Waals surface area contributed by atoms with E-state index in [0.29, 0.717) is 38.6 Å². The van der Waals surface area contributed by atoms with Gasteiger partial charge in [0.1, 0.15) is 13.2 Å². The molecule has 2 heterocycles. The number of primary amides is 1. The second-order valence-corrected chi connectivity index (χ2v) is 5.82. The summed E-state index contributed by atoms with van der Waals surface area (Å²) in [7, 11) is 0. The number of benzene rings is 1. The summed E-state index contributed by atoms with van der Waals surface area (Å²) >= 11 is 0. The van der Waals surface area contributed by atoms with Crippen molar-refractivity contribution >= 4 is 11.9 Å². The number of nitrogens with two attached hydrogens (primary N) is 1. The molecule has 1 saturated heterocycles. The van der Waals surface area contributed by atoms with Crippen LogP contribution in [-0.2, 0) is 11.3 Å². The van der Waals surface area contributed by atoms with Gasteiger partial charge in [-0.25, -0.2) is 4.79 Å². The highest BCUT2D eigenvalue weighted by Gasteiger charge is 2.27. The first kappa shape index (κ1) is 15.5. The minimum Gasteiger partial charge on any atom is -0.486 e. The molecule has 3 amide bonds. The molecule has 1 fully saturated rings. The van der Waals surface area contributed by atoms with Gasteiger partial charge in [-0.05, 0) is 30.5 Å². The molecule has 1 atom stereocenters. The van der Waals surface area contributed by atoms with Gasteiger partial charge in [0, 0.05) is 19.6 Å². The summed E-state index contributed by atoms with van der Waals surface area (Å²) in [6, 6.07) is 5.18. The van der Waals surface area contributed by atoms with Gasteiger partial charge in [0.15, 0.2) is 11.5 Å². The second kappa shape index (κ2) is 6.76. The van der Waals surface area contributed by atoms with Crippen LogP contribution in [0.2, 0.25) is 0 Å². The van der Waals surface area contributed by atoms with E-state index in [1.54, 1.807) is 0 Å². The molecule has 3 rings (SSSR count). The smallest absolute Gasteiger partial charge is 0.314 e. The highest BCUT2D eigenvalue weighted by atomic mass is 16.6. The Morgan fingerprint density at radius 2 is 2.04 bits per heavy atom. The third-order valence-electron chi connectivity index (χ3n) is 4.18. The fourth-order valence-electron chi connectivity index (χ4n) is 2.92. The van der Waals surface area contributed by atoms with Crippen molar-refractivity contribution in [2.45, 2.75) is 19.4 Å². The number of fused-ring (bicyclic) bond motifs is 1. The van der Waals surface area contributed by atoms with Gasteiger partial charge in [-0.2, -0.15) is 0 Å². The first-order valence-electron chi connectivity index (χ1n) is 7.84. The molecule has 23 heavy (non-hydrogen) atoms. The van der Waals surface area contributed by atoms with Crippen molar-refractivity contribution in [3.8, 4) is 11.5 Å². The zero-order valence-electron chi connectivity index (χ0n) is 12.9. The Kier molecular flexibility index (Phi) is 4.55. The highest BCUT2D eigenvalue weighted by Crippen LogP contribution is 2.30. The number of nitrogens with one attached hydrogen (secondary N) is 1. The molecule has 0 spiro atoms. The van der Waals surface area contributed by atoms with Crippen LogP contribution in [0.3, 0.4) is 0 Å². The molecule has 7 heteroatoms. The lowest BCUT2D eigenvalue weighted by atomic mass is 9.97. The SMILES string of the molecule is NC(=O)N1CCC[C@@H](C(=O)NCc2ccc3c(c2)OCCO3)C1. The summed E-state index contributed by atoms with van der Waals surface area (Å²) in [5.74, 6) is 1.19. The number of ether oxygens (including phenoxy) is 2. The number of amides is 3. The lowest BCUT2D eigenvalue weighted by Gasteiger charge is -2.30. The Hall–Kier alpha value is -2.44. The lowest BCUT2D eigenvalue weighted by Crippen LogP contribution is -2.47. The summed E-state index contributed by atoms with van der Waals surface area (Å²) in [5, 5.41) is 2.92. The molecule has 1 aromatic rings. The minimum atomic E-state index is -0.464. The van der Waals surface area contributed by atoms with Crippen molar-refractivity contribution in [2.24, 2.45) is 11.7 Å². The summed E-state index contributed by atoms with van der Waals surface area (Å²) < 4.78 is 11.0. The number of nitrogens with zero attached hydrogens (tertiary/aromatic N) is 1. The maximum Gasteiger partial charge on any atom is 0.314 e. The average molecular weight is 319 g/mol. The maximum absolute atomic E-state index is 12.3. The molecule has 0 bridgehead atoms. The molecule has 0 radical (unpaired) electrons. The van der Waals surface area contributed by atoms with E-state index < -0.39 is 6.03 Å². The van der Waals surface area contributed by atoms with Crippen LogP contribution in [0.25, 0.3) is 0 Å². The quantitative estimate of drug-likeness (QED) is 0.864. The summed E-state index contributed by atoms with van der Waals surface area (Å²) in [6.45, 7) is 2.53. The molecule has 0 aromatic heterocycles. The largest absolute Gasteiger partial charge is 0.486 e. The molecule has 7 nitrogen and oxygen atoms in total. The van der Waals surface area contributed by atoms with E-state index in [0.717, 1.165) is 24.2 Å². The zero-order valence-corrected chi connectivity index (χ0v) is 12.9. The number of likely N-dealkylation sites (tertiary alicyclic amines) is 1. The van der Waals surface area contributed by atoms with Crippen LogP contribution in [-0.4, -0.2) is 43.1 Å². The van der Waals surface area contributed by atoms with Gasteiger partial charge in [0.05, 0.1) is 5.92 Å². The Morgan fingerprint density at radius 3 is 2.83 bits per heavy atom. The van der Waals surface area contributed by atoms with E-state index in [2.05, 4.69) is 5.32 Å². The first-order valence-corrected chi connectivity index (χ1v) is 7.84. The summed E-state index contributed by atoms with van der Waals surface area (Å²) in [6.07, 6.45) is 1.57. The fourth-order valence-corrected chi connectivity index (χ4v) is 2.92. The summed E-state index contributed by atoms with van der Waals surface area (Å²) in [5.41, 5.74) is 6.24. The predicted molar refractivity (Wildman–Crippen MR) is 83.2 cm³/mol. The Balaban J connectivity index is 1.55. The Bertz CT molecular complexity index is 605. The van der Waals surface area contributed by atoms with Crippen molar-refractivity contribution < 1.29 is 19.1 Å². The number of carbonyl (C=O) groups excluding carboxylic acids is 2. The zero-order chi connectivity index (χ0) is 16.2. The number of piperidine rings is 1. The van der Waals surface area contributed by atoms with Crippen molar-refractivity contribution in [3.05, 3.63) is 23.8 Å². The number of carbonyl (C=O) groups is 2. The summed E-state index contributed by atoms with van der Waals surface area (Å²) in [4.78, 5) is 25.0. The number of hydrogen-bond acceptors (Lipinski definition) is 4. The molecule has 2 aliphatic heterocycles. The Morgan fingerprint density at radius 1 is 1.26 bits per heavy atom. The van der Waals surface area contributed by atoms with E-state index >= 15 is 0 Å². The molecular weight excluding hydrogens is 298 g/mol. The van der Waals surface area contributed by atoms with Crippen LogP contribution in [0.1, 0.15) is 18.4 Å². The van der Waals surface area contributed by atoms with E-state index in [9.17, 15) is 9.59 Å². The third kappa shape index (κ3) is 3.67. The van der Waals surface area contributed by atoms with E-state index in [1.807, 2.05) is 18.2 Å². The maximum atomic E-state index is 12.3. The van der Waals surface area contributed by atoms with Gasteiger partial charge < -0.3 is 25.4 Å². The van der Waals surface area contributed by atoms with Gasteiger partial charge in [-0.15, -0.1) is 0 Å². The number of urea groups is 1. The molecule has 3 N–H and O–H groups in total. The predicted octanol–water partition coefficient (Wildman–Crippen LogP) is 0.865. The fraction of sp³-hybridized carbons (Fsp3) is 0.500. The topological polar surface area (TPSA) is 93.9 Å².